The topological polar surface area (TPSA) is 96.9 Å². The molecule has 9 heteroatoms. The zero-order chi connectivity index (χ0) is 22.3. The summed E-state index contributed by atoms with van der Waals surface area (Å²) in [4.78, 5) is 38.5. The lowest BCUT2D eigenvalue weighted by molar-refractivity contribution is -0.387. The summed E-state index contributed by atoms with van der Waals surface area (Å²) in [7, 11) is 1.65. The van der Waals surface area contributed by atoms with Crippen molar-refractivity contribution in [1.82, 2.24) is 4.90 Å². The average Bonchev–Trinajstić information content (AvgIpc) is 3.36. The minimum atomic E-state index is -0.979. The molecule has 4 rings (SSSR count). The number of amides is 2. The number of rotatable bonds is 5. The Bertz CT molecular complexity index is 1160. The van der Waals surface area contributed by atoms with Gasteiger partial charge in [0.1, 0.15) is 11.3 Å². The summed E-state index contributed by atoms with van der Waals surface area (Å²) >= 11 is 0. The molecule has 0 bridgehead atoms. The quantitative estimate of drug-likeness (QED) is 0.454. The summed E-state index contributed by atoms with van der Waals surface area (Å²) in [6, 6.07) is 12.3. The molecule has 0 N–H and O–H groups in total. The number of para-hydroxylation sites is 1. The summed E-state index contributed by atoms with van der Waals surface area (Å²) in [6.45, 7) is 1.91. The lowest BCUT2D eigenvalue weighted by Gasteiger charge is -2.26. The second-order valence-electron chi connectivity index (χ2n) is 7.61. The van der Waals surface area contributed by atoms with Gasteiger partial charge in [0.2, 0.25) is 17.6 Å². The number of carbonyl (C=O) groups excluding carboxylic acids is 2. The Morgan fingerprint density at radius 1 is 1.29 bits per heavy atom. The van der Waals surface area contributed by atoms with Crippen LogP contribution in [0, 0.1) is 21.8 Å². The van der Waals surface area contributed by atoms with Crippen LogP contribution in [0.1, 0.15) is 25.1 Å². The van der Waals surface area contributed by atoms with Gasteiger partial charge in [0.05, 0.1) is 22.6 Å². The van der Waals surface area contributed by atoms with Gasteiger partial charge in [-0.3, -0.25) is 19.7 Å². The second kappa shape index (κ2) is 7.82. The van der Waals surface area contributed by atoms with Crippen molar-refractivity contribution in [2.24, 2.45) is 5.92 Å². The van der Waals surface area contributed by atoms with E-state index in [0.29, 0.717) is 5.76 Å². The number of halogens is 1. The normalized spacial score (nSPS) is 17.2. The third kappa shape index (κ3) is 3.74. The van der Waals surface area contributed by atoms with E-state index in [2.05, 4.69) is 0 Å². The maximum absolute atomic E-state index is 13.6. The first-order valence-corrected chi connectivity index (χ1v) is 9.75. The molecule has 2 amide bonds. The van der Waals surface area contributed by atoms with Gasteiger partial charge in [-0.25, -0.2) is 0 Å². The summed E-state index contributed by atoms with van der Waals surface area (Å²) in [6.07, 6.45) is -0.0266. The van der Waals surface area contributed by atoms with Crippen LogP contribution in [0.5, 0.6) is 0 Å². The molecule has 2 aromatic carbocycles. The average molecular weight is 425 g/mol. The first-order valence-electron chi connectivity index (χ1n) is 9.75. The van der Waals surface area contributed by atoms with Gasteiger partial charge in [-0.05, 0) is 31.2 Å². The molecule has 31 heavy (non-hydrogen) atoms. The standard InChI is InChI=1S/C22H20FN3O5/c1-13(20-9-14-5-3-4-6-19(14)31-20)24(2)22(28)15-10-21(27)25(12-15)16-7-8-17(23)18(11-16)26(29)30/h3-9,11,13,15H,10,12H2,1-2H3. The SMILES string of the molecule is CC(c1cc2ccccc2o1)N(C)C(=O)C1CC(=O)N(c2ccc(F)c([N+](=O)[O-])c2)C1. The molecule has 1 saturated heterocycles. The Morgan fingerprint density at radius 2 is 2.03 bits per heavy atom. The fourth-order valence-electron chi connectivity index (χ4n) is 3.81. The maximum Gasteiger partial charge on any atom is 0.306 e. The number of fused-ring (bicyclic) bond motifs is 1. The van der Waals surface area contributed by atoms with E-state index in [0.717, 1.165) is 23.1 Å². The molecule has 1 aliphatic heterocycles. The Labute approximate surface area is 177 Å². The van der Waals surface area contributed by atoms with Gasteiger partial charge in [0, 0.05) is 31.5 Å². The van der Waals surface area contributed by atoms with Crippen molar-refractivity contribution in [3.05, 3.63) is 70.2 Å². The highest BCUT2D eigenvalue weighted by Crippen LogP contribution is 2.32. The molecule has 0 radical (unpaired) electrons. The van der Waals surface area contributed by atoms with Crippen LogP contribution >= 0.6 is 0 Å². The molecule has 1 aromatic heterocycles. The number of nitro groups is 1. The molecule has 2 heterocycles. The van der Waals surface area contributed by atoms with Crippen LogP contribution in [0.2, 0.25) is 0 Å². The van der Waals surface area contributed by atoms with Crippen LogP contribution in [0.25, 0.3) is 11.0 Å². The molecule has 0 spiro atoms. The zero-order valence-electron chi connectivity index (χ0n) is 16.9. The van der Waals surface area contributed by atoms with Crippen molar-refractivity contribution in [3.8, 4) is 0 Å². The third-order valence-corrected chi connectivity index (χ3v) is 5.70. The van der Waals surface area contributed by atoms with E-state index in [1.165, 1.54) is 15.9 Å². The molecule has 160 valence electrons. The molecule has 8 nitrogen and oxygen atoms in total. The van der Waals surface area contributed by atoms with Gasteiger partial charge >= 0.3 is 5.69 Å². The Balaban J connectivity index is 1.51. The number of nitro benzene ring substituents is 1. The zero-order valence-corrected chi connectivity index (χ0v) is 16.9. The van der Waals surface area contributed by atoms with Crippen molar-refractivity contribution in [2.45, 2.75) is 19.4 Å². The Kier molecular flexibility index (Phi) is 5.18. The van der Waals surface area contributed by atoms with Crippen LogP contribution in [-0.4, -0.2) is 35.2 Å². The fraction of sp³-hybridized carbons (Fsp3) is 0.273. The van der Waals surface area contributed by atoms with Gasteiger partial charge in [0.15, 0.2) is 0 Å². The minimum absolute atomic E-state index is 0.0266. The number of carbonyl (C=O) groups is 2. The van der Waals surface area contributed by atoms with Crippen molar-refractivity contribution in [2.75, 3.05) is 18.5 Å². The van der Waals surface area contributed by atoms with Crippen LogP contribution in [0.4, 0.5) is 15.8 Å². The minimum Gasteiger partial charge on any atom is -0.459 e. The monoisotopic (exact) mass is 425 g/mol. The second-order valence-corrected chi connectivity index (χ2v) is 7.61. The lowest BCUT2D eigenvalue weighted by Crippen LogP contribution is -2.36. The summed E-state index contributed by atoms with van der Waals surface area (Å²) in [5.41, 5.74) is 0.211. The molecule has 2 unspecified atom stereocenters. The highest BCUT2D eigenvalue weighted by Gasteiger charge is 2.38. The van der Waals surface area contributed by atoms with Crippen LogP contribution in [-0.2, 0) is 9.59 Å². The van der Waals surface area contributed by atoms with Crippen molar-refractivity contribution in [3.63, 3.8) is 0 Å². The van der Waals surface area contributed by atoms with Crippen LogP contribution in [0.3, 0.4) is 0 Å². The molecule has 2 atom stereocenters. The van der Waals surface area contributed by atoms with Gasteiger partial charge in [-0.15, -0.1) is 0 Å². The number of hydrogen-bond acceptors (Lipinski definition) is 5. The van der Waals surface area contributed by atoms with E-state index in [9.17, 15) is 24.1 Å². The predicted octanol–water partition coefficient (Wildman–Crippen LogP) is 4.05. The number of hydrogen-bond donors (Lipinski definition) is 0. The van der Waals surface area contributed by atoms with E-state index >= 15 is 0 Å². The predicted molar refractivity (Wildman–Crippen MR) is 111 cm³/mol. The van der Waals surface area contributed by atoms with E-state index in [-0.39, 0.29) is 36.5 Å². The van der Waals surface area contributed by atoms with E-state index < -0.39 is 22.3 Å². The Morgan fingerprint density at radius 3 is 2.74 bits per heavy atom. The van der Waals surface area contributed by atoms with E-state index in [4.69, 9.17) is 4.42 Å². The van der Waals surface area contributed by atoms with Crippen LogP contribution < -0.4 is 4.90 Å². The molecular weight excluding hydrogens is 405 g/mol. The highest BCUT2D eigenvalue weighted by atomic mass is 19.1. The van der Waals surface area contributed by atoms with Gasteiger partial charge in [-0.2, -0.15) is 4.39 Å². The smallest absolute Gasteiger partial charge is 0.306 e. The first-order chi connectivity index (χ1) is 14.8. The number of furan rings is 1. The van der Waals surface area contributed by atoms with Crippen molar-refractivity contribution < 1.29 is 23.3 Å². The molecular formula is C22H20FN3O5. The van der Waals surface area contributed by atoms with Crippen molar-refractivity contribution in [1.29, 1.82) is 0 Å². The number of nitrogens with zero attached hydrogens (tertiary/aromatic N) is 3. The molecule has 1 fully saturated rings. The molecule has 0 saturated carbocycles. The highest BCUT2D eigenvalue weighted by molar-refractivity contribution is 6.00. The van der Waals surface area contributed by atoms with Crippen molar-refractivity contribution >= 4 is 34.2 Å². The largest absolute Gasteiger partial charge is 0.459 e. The van der Waals surface area contributed by atoms with Gasteiger partial charge in [-0.1, -0.05) is 18.2 Å². The maximum atomic E-state index is 13.6. The summed E-state index contributed by atoms with van der Waals surface area (Å²) in [5.74, 6) is -1.54. The summed E-state index contributed by atoms with van der Waals surface area (Å²) < 4.78 is 19.5. The van der Waals surface area contributed by atoms with Gasteiger partial charge < -0.3 is 14.2 Å². The molecule has 1 aliphatic rings. The molecule has 0 aliphatic carbocycles. The fourth-order valence-corrected chi connectivity index (χ4v) is 3.81. The molecule has 3 aromatic rings. The summed E-state index contributed by atoms with van der Waals surface area (Å²) in [5, 5.41) is 11.9. The third-order valence-electron chi connectivity index (χ3n) is 5.70. The van der Waals surface area contributed by atoms with Crippen LogP contribution in [0.15, 0.2) is 52.9 Å². The number of benzene rings is 2. The first kappa shape index (κ1) is 20.5. The van der Waals surface area contributed by atoms with E-state index in [1.807, 2.05) is 37.3 Å². The number of anilines is 1. The Hall–Kier alpha value is -3.75. The lowest BCUT2D eigenvalue weighted by atomic mass is 10.1. The van der Waals surface area contributed by atoms with Gasteiger partial charge in [0.25, 0.3) is 0 Å². The van der Waals surface area contributed by atoms with E-state index in [1.54, 1.807) is 7.05 Å².